The summed E-state index contributed by atoms with van der Waals surface area (Å²) in [4.78, 5) is 14.8. The molecule has 0 aromatic carbocycles. The normalized spacial score (nSPS) is 24.6. The highest BCUT2D eigenvalue weighted by atomic mass is 16.2. The molecule has 1 aliphatic heterocycles. The minimum absolute atomic E-state index is 0.140. The molecule has 0 bridgehead atoms. The first-order valence-electron chi connectivity index (χ1n) is 6.94. The van der Waals surface area contributed by atoms with Gasteiger partial charge >= 0.3 is 0 Å². The Morgan fingerprint density at radius 2 is 2.00 bits per heavy atom. The lowest BCUT2D eigenvalue weighted by Gasteiger charge is -2.36. The van der Waals surface area contributed by atoms with Gasteiger partial charge < -0.3 is 10.2 Å². The molecule has 17 heavy (non-hydrogen) atoms. The van der Waals surface area contributed by atoms with Gasteiger partial charge in [-0.3, -0.25) is 4.79 Å². The fraction of sp³-hybridized carbons (Fsp3) is 0.929. The van der Waals surface area contributed by atoms with Crippen LogP contribution in [0.15, 0.2) is 0 Å². The predicted octanol–water partition coefficient (Wildman–Crippen LogP) is 2.27. The van der Waals surface area contributed by atoms with Crippen molar-refractivity contribution in [2.75, 3.05) is 19.6 Å². The molecule has 0 spiro atoms. The van der Waals surface area contributed by atoms with Gasteiger partial charge in [-0.2, -0.15) is 0 Å². The van der Waals surface area contributed by atoms with E-state index >= 15 is 0 Å². The first-order chi connectivity index (χ1) is 7.93. The van der Waals surface area contributed by atoms with Crippen LogP contribution < -0.4 is 5.32 Å². The Balaban J connectivity index is 2.82. The van der Waals surface area contributed by atoms with Crippen LogP contribution in [0, 0.1) is 11.3 Å². The van der Waals surface area contributed by atoms with E-state index in [1.807, 2.05) is 0 Å². The van der Waals surface area contributed by atoms with E-state index in [4.69, 9.17) is 0 Å². The molecule has 0 radical (unpaired) electrons. The van der Waals surface area contributed by atoms with E-state index in [-0.39, 0.29) is 5.41 Å². The molecule has 1 amide bonds. The Hall–Kier alpha value is -0.570. The molecular formula is C14H28N2O. The summed E-state index contributed by atoms with van der Waals surface area (Å²) >= 11 is 0. The van der Waals surface area contributed by atoms with Crippen molar-refractivity contribution in [2.24, 2.45) is 11.3 Å². The molecule has 0 saturated carbocycles. The Bertz CT molecular complexity index is 255. The van der Waals surface area contributed by atoms with Crippen molar-refractivity contribution in [3.05, 3.63) is 0 Å². The van der Waals surface area contributed by atoms with Crippen LogP contribution in [0.5, 0.6) is 0 Å². The zero-order chi connectivity index (χ0) is 13.1. The van der Waals surface area contributed by atoms with Crippen LogP contribution in [0.25, 0.3) is 0 Å². The number of carbonyl (C=O) groups is 1. The van der Waals surface area contributed by atoms with E-state index in [1.165, 1.54) is 0 Å². The molecule has 3 heteroatoms. The summed E-state index contributed by atoms with van der Waals surface area (Å²) in [6.07, 6.45) is 1.93. The van der Waals surface area contributed by atoms with Gasteiger partial charge in [0.25, 0.3) is 0 Å². The number of nitrogens with one attached hydrogen (secondary N) is 1. The van der Waals surface area contributed by atoms with Crippen LogP contribution in [0.4, 0.5) is 0 Å². The van der Waals surface area contributed by atoms with Gasteiger partial charge in [0, 0.05) is 19.1 Å². The molecular weight excluding hydrogens is 212 g/mol. The number of rotatable bonds is 5. The molecule has 0 aromatic heterocycles. The lowest BCUT2D eigenvalue weighted by atomic mass is 9.82. The second kappa shape index (κ2) is 5.85. The summed E-state index contributed by atoms with van der Waals surface area (Å²) in [6, 6.07) is 0.300. The van der Waals surface area contributed by atoms with Crippen molar-refractivity contribution in [1.82, 2.24) is 10.2 Å². The Kier molecular flexibility index (Phi) is 4.99. The van der Waals surface area contributed by atoms with Crippen LogP contribution >= 0.6 is 0 Å². The maximum atomic E-state index is 12.8. The lowest BCUT2D eigenvalue weighted by molar-refractivity contribution is -0.143. The van der Waals surface area contributed by atoms with Gasteiger partial charge in [0.1, 0.15) is 0 Å². The van der Waals surface area contributed by atoms with Gasteiger partial charge in [0.15, 0.2) is 0 Å². The van der Waals surface area contributed by atoms with Gasteiger partial charge in [0.05, 0.1) is 5.41 Å². The highest BCUT2D eigenvalue weighted by molar-refractivity contribution is 5.83. The molecule has 1 fully saturated rings. The molecule has 1 saturated heterocycles. The minimum atomic E-state index is -0.140. The molecule has 0 aliphatic carbocycles. The van der Waals surface area contributed by atoms with Crippen LogP contribution in [0.2, 0.25) is 0 Å². The molecule has 1 rings (SSSR count). The van der Waals surface area contributed by atoms with Crippen molar-refractivity contribution in [1.29, 1.82) is 0 Å². The second-order valence-electron chi connectivity index (χ2n) is 6.01. The van der Waals surface area contributed by atoms with Crippen molar-refractivity contribution in [3.63, 3.8) is 0 Å². The van der Waals surface area contributed by atoms with Gasteiger partial charge in [-0.1, -0.05) is 20.8 Å². The number of hydrogen-bond donors (Lipinski definition) is 1. The number of hydrogen-bond acceptors (Lipinski definition) is 2. The molecule has 0 aromatic rings. The summed E-state index contributed by atoms with van der Waals surface area (Å²) in [5.41, 5.74) is -0.140. The fourth-order valence-electron chi connectivity index (χ4n) is 2.61. The van der Waals surface area contributed by atoms with Gasteiger partial charge in [-0.15, -0.1) is 0 Å². The first-order valence-corrected chi connectivity index (χ1v) is 6.94. The van der Waals surface area contributed by atoms with E-state index in [0.29, 0.717) is 17.9 Å². The highest BCUT2D eigenvalue weighted by Crippen LogP contribution is 2.32. The van der Waals surface area contributed by atoms with E-state index in [2.05, 4.69) is 44.8 Å². The number of amides is 1. The third-order valence-electron chi connectivity index (χ3n) is 3.82. The van der Waals surface area contributed by atoms with Crippen LogP contribution in [0.3, 0.4) is 0 Å². The highest BCUT2D eigenvalue weighted by Gasteiger charge is 2.42. The van der Waals surface area contributed by atoms with E-state index < -0.39 is 0 Å². The van der Waals surface area contributed by atoms with Crippen molar-refractivity contribution in [2.45, 2.75) is 53.5 Å². The van der Waals surface area contributed by atoms with E-state index in [1.54, 1.807) is 0 Å². The van der Waals surface area contributed by atoms with E-state index in [0.717, 1.165) is 32.5 Å². The molecule has 100 valence electrons. The summed E-state index contributed by atoms with van der Waals surface area (Å²) in [5.74, 6) is 0.887. The number of carbonyl (C=O) groups excluding carboxylic acids is 1. The maximum absolute atomic E-state index is 12.8. The first kappa shape index (κ1) is 14.5. The molecule has 1 heterocycles. The zero-order valence-electron chi connectivity index (χ0n) is 12.0. The van der Waals surface area contributed by atoms with Crippen molar-refractivity contribution < 1.29 is 4.79 Å². The molecule has 1 N–H and O–H groups in total. The van der Waals surface area contributed by atoms with Gasteiger partial charge in [-0.25, -0.2) is 0 Å². The molecule has 1 unspecified atom stereocenters. The second-order valence-corrected chi connectivity index (χ2v) is 6.01. The predicted molar refractivity (Wildman–Crippen MR) is 71.9 cm³/mol. The van der Waals surface area contributed by atoms with Gasteiger partial charge in [0.2, 0.25) is 5.91 Å². The summed E-state index contributed by atoms with van der Waals surface area (Å²) in [6.45, 7) is 13.4. The summed E-state index contributed by atoms with van der Waals surface area (Å²) in [5, 5.41) is 3.34. The summed E-state index contributed by atoms with van der Waals surface area (Å²) in [7, 11) is 0. The topological polar surface area (TPSA) is 32.3 Å². The lowest BCUT2D eigenvalue weighted by Crippen LogP contribution is -2.49. The van der Waals surface area contributed by atoms with E-state index in [9.17, 15) is 4.79 Å². The van der Waals surface area contributed by atoms with Crippen molar-refractivity contribution >= 4 is 5.91 Å². The minimum Gasteiger partial charge on any atom is -0.339 e. The average molecular weight is 240 g/mol. The quantitative estimate of drug-likeness (QED) is 0.799. The molecule has 1 atom stereocenters. The third-order valence-corrected chi connectivity index (χ3v) is 3.82. The fourth-order valence-corrected chi connectivity index (χ4v) is 2.61. The standard InChI is InChI=1S/C14H28N2O/c1-6-14(7-8-15-10-14)13(17)16(12(4)5)9-11(2)3/h11-12,15H,6-10H2,1-5H3. The largest absolute Gasteiger partial charge is 0.339 e. The SMILES string of the molecule is CCC1(C(=O)N(CC(C)C)C(C)C)CCNC1. The Labute approximate surface area is 106 Å². The van der Waals surface area contributed by atoms with Gasteiger partial charge in [-0.05, 0) is 39.2 Å². The van der Waals surface area contributed by atoms with Crippen LogP contribution in [-0.2, 0) is 4.79 Å². The smallest absolute Gasteiger partial charge is 0.230 e. The molecule has 1 aliphatic rings. The maximum Gasteiger partial charge on any atom is 0.230 e. The van der Waals surface area contributed by atoms with Crippen LogP contribution in [0.1, 0.15) is 47.5 Å². The Morgan fingerprint density at radius 1 is 1.35 bits per heavy atom. The van der Waals surface area contributed by atoms with Crippen LogP contribution in [-0.4, -0.2) is 36.5 Å². The Morgan fingerprint density at radius 3 is 2.35 bits per heavy atom. The third kappa shape index (κ3) is 3.21. The molecule has 3 nitrogen and oxygen atoms in total. The number of nitrogens with zero attached hydrogens (tertiary/aromatic N) is 1. The van der Waals surface area contributed by atoms with Crippen molar-refractivity contribution in [3.8, 4) is 0 Å². The monoisotopic (exact) mass is 240 g/mol. The average Bonchev–Trinajstić information content (AvgIpc) is 2.74. The zero-order valence-corrected chi connectivity index (χ0v) is 12.0. The summed E-state index contributed by atoms with van der Waals surface area (Å²) < 4.78 is 0.